The van der Waals surface area contributed by atoms with Gasteiger partial charge in [-0.05, 0) is 13.3 Å². The zero-order valence-electron chi connectivity index (χ0n) is 11.2. The number of sulfone groups is 1. The van der Waals surface area contributed by atoms with E-state index in [0.717, 1.165) is 32.6 Å². The van der Waals surface area contributed by atoms with Crippen LogP contribution in [0.5, 0.6) is 0 Å². The number of hydrogen-bond acceptors (Lipinski definition) is 6. The first-order valence-electron chi connectivity index (χ1n) is 6.59. The maximum Gasteiger partial charge on any atom is 0.156 e. The lowest BCUT2D eigenvalue weighted by Crippen LogP contribution is -2.55. The number of rotatable bonds is 3. The summed E-state index contributed by atoms with van der Waals surface area (Å²) in [4.78, 5) is 4.40. The van der Waals surface area contributed by atoms with E-state index < -0.39 is 9.84 Å². The molecule has 110 valence electrons. The van der Waals surface area contributed by atoms with E-state index in [1.165, 1.54) is 0 Å². The molecule has 2 heterocycles. The molecule has 2 fully saturated rings. The molecule has 0 saturated carbocycles. The van der Waals surface area contributed by atoms with Crippen molar-refractivity contribution in [3.05, 3.63) is 0 Å². The second kappa shape index (κ2) is 5.64. The Bertz CT molecular complexity index is 443. The molecule has 0 amide bonds. The number of oxime groups is 1. The van der Waals surface area contributed by atoms with Crippen molar-refractivity contribution in [2.75, 3.05) is 37.7 Å². The van der Waals surface area contributed by atoms with Gasteiger partial charge in [0.25, 0.3) is 0 Å². The van der Waals surface area contributed by atoms with E-state index in [9.17, 15) is 8.42 Å². The van der Waals surface area contributed by atoms with Gasteiger partial charge in [-0.2, -0.15) is 0 Å². The minimum atomic E-state index is -2.82. The predicted molar refractivity (Wildman–Crippen MR) is 73.1 cm³/mol. The molecular formula is C11H22N4O3S. The third kappa shape index (κ3) is 3.37. The van der Waals surface area contributed by atoms with Crippen LogP contribution >= 0.6 is 0 Å². The molecule has 7 nitrogen and oxygen atoms in total. The molecule has 0 aliphatic carbocycles. The van der Waals surface area contributed by atoms with Gasteiger partial charge in [0.2, 0.25) is 0 Å². The third-order valence-electron chi connectivity index (χ3n) is 4.16. The van der Waals surface area contributed by atoms with E-state index in [4.69, 9.17) is 10.9 Å². The minimum absolute atomic E-state index is 0.0838. The van der Waals surface area contributed by atoms with Crippen LogP contribution < -0.4 is 5.73 Å². The molecule has 2 atom stereocenters. The van der Waals surface area contributed by atoms with Crippen molar-refractivity contribution < 1.29 is 13.6 Å². The monoisotopic (exact) mass is 290 g/mol. The Morgan fingerprint density at radius 2 is 2.00 bits per heavy atom. The van der Waals surface area contributed by atoms with Crippen LogP contribution in [-0.2, 0) is 9.84 Å². The molecule has 0 spiro atoms. The average molecular weight is 290 g/mol. The summed E-state index contributed by atoms with van der Waals surface area (Å²) >= 11 is 0. The van der Waals surface area contributed by atoms with Crippen molar-refractivity contribution in [3.8, 4) is 0 Å². The summed E-state index contributed by atoms with van der Waals surface area (Å²) in [7, 11) is -2.82. The van der Waals surface area contributed by atoms with Gasteiger partial charge in [0.15, 0.2) is 15.7 Å². The Balaban J connectivity index is 1.86. The molecule has 0 aromatic heterocycles. The van der Waals surface area contributed by atoms with Crippen molar-refractivity contribution in [3.63, 3.8) is 0 Å². The lowest BCUT2D eigenvalue weighted by Gasteiger charge is -2.39. The third-order valence-corrected chi connectivity index (χ3v) is 5.92. The van der Waals surface area contributed by atoms with E-state index in [1.807, 2.05) is 6.92 Å². The second-order valence-corrected chi connectivity index (χ2v) is 7.56. The highest BCUT2D eigenvalue weighted by Crippen LogP contribution is 2.19. The van der Waals surface area contributed by atoms with E-state index >= 15 is 0 Å². The summed E-state index contributed by atoms with van der Waals surface area (Å²) in [5.74, 6) is 0.832. The van der Waals surface area contributed by atoms with Gasteiger partial charge in [0, 0.05) is 32.2 Å². The number of nitrogens with two attached hydrogens (primary N) is 1. The van der Waals surface area contributed by atoms with Crippen LogP contribution in [0.3, 0.4) is 0 Å². The Hall–Kier alpha value is -0.860. The normalized spacial score (nSPS) is 31.4. The Labute approximate surface area is 114 Å². The lowest BCUT2D eigenvalue weighted by molar-refractivity contribution is 0.0953. The van der Waals surface area contributed by atoms with Gasteiger partial charge in [-0.3, -0.25) is 9.80 Å². The van der Waals surface area contributed by atoms with Crippen molar-refractivity contribution in [2.45, 2.75) is 25.4 Å². The molecule has 2 saturated heterocycles. The molecule has 2 aliphatic rings. The lowest BCUT2D eigenvalue weighted by atomic mass is 10.1. The quantitative estimate of drug-likeness (QED) is 0.297. The van der Waals surface area contributed by atoms with Gasteiger partial charge >= 0.3 is 0 Å². The Morgan fingerprint density at radius 3 is 2.47 bits per heavy atom. The molecular weight excluding hydrogens is 268 g/mol. The summed E-state index contributed by atoms with van der Waals surface area (Å²) in [6.07, 6.45) is 0.748. The highest BCUT2D eigenvalue weighted by Gasteiger charge is 2.34. The van der Waals surface area contributed by atoms with Crippen LogP contribution in [0.15, 0.2) is 5.16 Å². The van der Waals surface area contributed by atoms with Crippen LogP contribution in [0.2, 0.25) is 0 Å². The fourth-order valence-corrected chi connectivity index (χ4v) is 4.59. The van der Waals surface area contributed by atoms with Crippen LogP contribution in [-0.4, -0.2) is 79.0 Å². The van der Waals surface area contributed by atoms with E-state index in [0.29, 0.717) is 11.5 Å². The SMILES string of the molecule is CC(C(N)=NO)N1CCN(C2CCS(=O)(=O)C2)CC1. The predicted octanol–water partition coefficient (Wildman–Crippen LogP) is -1.07. The standard InChI is InChI=1S/C11H22N4O3S/c1-9(11(12)13-16)14-3-5-15(6-4-14)10-2-7-19(17,18)8-10/h9-10,16H,2-8H2,1H3,(H2,12,13). The number of hydrogen-bond donors (Lipinski definition) is 2. The molecule has 2 rings (SSSR count). The average Bonchev–Trinajstić information content (AvgIpc) is 2.77. The van der Waals surface area contributed by atoms with Crippen LogP contribution in [0, 0.1) is 0 Å². The molecule has 3 N–H and O–H groups in total. The first-order valence-corrected chi connectivity index (χ1v) is 8.41. The zero-order chi connectivity index (χ0) is 14.0. The van der Waals surface area contributed by atoms with Crippen LogP contribution in [0.1, 0.15) is 13.3 Å². The fourth-order valence-electron chi connectivity index (χ4n) is 2.82. The number of nitrogens with zero attached hydrogens (tertiary/aromatic N) is 3. The molecule has 0 bridgehead atoms. The van der Waals surface area contributed by atoms with Crippen molar-refractivity contribution >= 4 is 15.7 Å². The minimum Gasteiger partial charge on any atom is -0.409 e. The number of piperazine rings is 1. The van der Waals surface area contributed by atoms with E-state index in [1.54, 1.807) is 0 Å². The molecule has 19 heavy (non-hydrogen) atoms. The van der Waals surface area contributed by atoms with E-state index in [-0.39, 0.29) is 17.9 Å². The van der Waals surface area contributed by atoms with Gasteiger partial charge in [-0.25, -0.2) is 8.42 Å². The zero-order valence-corrected chi connectivity index (χ0v) is 12.0. The Kier molecular flexibility index (Phi) is 4.32. The second-order valence-electron chi connectivity index (χ2n) is 5.33. The topological polar surface area (TPSA) is 99.2 Å². The number of amidine groups is 1. The maximum absolute atomic E-state index is 11.5. The van der Waals surface area contributed by atoms with Gasteiger partial charge in [0.1, 0.15) is 0 Å². The van der Waals surface area contributed by atoms with Gasteiger partial charge in [-0.15, -0.1) is 0 Å². The van der Waals surface area contributed by atoms with Crippen LogP contribution in [0.4, 0.5) is 0 Å². The highest BCUT2D eigenvalue weighted by atomic mass is 32.2. The summed E-state index contributed by atoms with van der Waals surface area (Å²) < 4.78 is 23.0. The van der Waals surface area contributed by atoms with Crippen LogP contribution in [0.25, 0.3) is 0 Å². The summed E-state index contributed by atoms with van der Waals surface area (Å²) in [5, 5.41) is 11.7. The fraction of sp³-hybridized carbons (Fsp3) is 0.909. The summed E-state index contributed by atoms with van der Waals surface area (Å²) in [5.41, 5.74) is 5.61. The maximum atomic E-state index is 11.5. The first-order chi connectivity index (χ1) is 8.93. The molecule has 0 aromatic rings. The Morgan fingerprint density at radius 1 is 1.37 bits per heavy atom. The summed E-state index contributed by atoms with van der Waals surface area (Å²) in [6.45, 7) is 5.21. The van der Waals surface area contributed by atoms with Crippen molar-refractivity contribution in [2.24, 2.45) is 10.9 Å². The largest absolute Gasteiger partial charge is 0.409 e. The van der Waals surface area contributed by atoms with Crippen molar-refractivity contribution in [1.29, 1.82) is 0 Å². The van der Waals surface area contributed by atoms with E-state index in [2.05, 4.69) is 15.0 Å². The molecule has 0 radical (unpaired) electrons. The smallest absolute Gasteiger partial charge is 0.156 e. The molecule has 0 aromatic carbocycles. The van der Waals surface area contributed by atoms with Gasteiger partial charge < -0.3 is 10.9 Å². The van der Waals surface area contributed by atoms with Gasteiger partial charge in [-0.1, -0.05) is 5.16 Å². The molecule has 2 unspecified atom stereocenters. The van der Waals surface area contributed by atoms with Gasteiger partial charge in [0.05, 0.1) is 17.5 Å². The highest BCUT2D eigenvalue weighted by molar-refractivity contribution is 7.91. The summed E-state index contributed by atoms with van der Waals surface area (Å²) in [6, 6.07) is 0.0887. The first kappa shape index (κ1) is 14.5. The molecule has 2 aliphatic heterocycles. The van der Waals surface area contributed by atoms with Crippen molar-refractivity contribution in [1.82, 2.24) is 9.80 Å². The molecule has 8 heteroatoms.